The highest BCUT2D eigenvalue weighted by atomic mass is 15.2. The summed E-state index contributed by atoms with van der Waals surface area (Å²) in [6.07, 6.45) is 5.61. The average Bonchev–Trinajstić information content (AvgIpc) is 2.64. The molecule has 1 saturated carbocycles. The number of nitrogens with zero attached hydrogens (tertiary/aromatic N) is 1. The first kappa shape index (κ1) is 9.47. The fourth-order valence-corrected chi connectivity index (χ4v) is 2.77. The zero-order chi connectivity index (χ0) is 9.26. The molecule has 1 aliphatic carbocycles. The molecule has 2 aliphatic rings. The molecule has 0 aromatic rings. The van der Waals surface area contributed by atoms with Crippen LogP contribution in [0.3, 0.4) is 0 Å². The third-order valence-electron chi connectivity index (χ3n) is 3.70. The quantitative estimate of drug-likeness (QED) is 0.695. The van der Waals surface area contributed by atoms with Gasteiger partial charge in [-0.1, -0.05) is 13.3 Å². The Morgan fingerprint density at radius 2 is 2.08 bits per heavy atom. The highest BCUT2D eigenvalue weighted by Crippen LogP contribution is 2.25. The maximum atomic E-state index is 3.82. The van der Waals surface area contributed by atoms with Crippen LogP contribution in [0.5, 0.6) is 0 Å². The van der Waals surface area contributed by atoms with Crippen LogP contribution in [0.15, 0.2) is 0 Å². The van der Waals surface area contributed by atoms with Crippen LogP contribution in [0.1, 0.15) is 32.6 Å². The lowest BCUT2D eigenvalue weighted by atomic mass is 10.1. The zero-order valence-electron chi connectivity index (χ0n) is 8.92. The lowest BCUT2D eigenvalue weighted by Crippen LogP contribution is -2.40. The molecule has 0 radical (unpaired) electrons. The fourth-order valence-electron chi connectivity index (χ4n) is 2.77. The molecular weight excluding hydrogens is 160 g/mol. The smallest absolute Gasteiger partial charge is 0.0209 e. The Morgan fingerprint density at radius 1 is 1.23 bits per heavy atom. The molecule has 2 rings (SSSR count). The molecule has 76 valence electrons. The summed E-state index contributed by atoms with van der Waals surface area (Å²) in [4.78, 5) is 2.43. The van der Waals surface area contributed by atoms with E-state index >= 15 is 0 Å². The standard InChI is InChI=1S/C11H22N2/c1-9-4-3-5-11(9)12-10-6-7-13(2)8-10/h9-12H,3-8H2,1-2H3. The van der Waals surface area contributed by atoms with Crippen LogP contribution in [-0.4, -0.2) is 37.1 Å². The van der Waals surface area contributed by atoms with Crippen molar-refractivity contribution < 1.29 is 0 Å². The molecule has 0 bridgehead atoms. The summed E-state index contributed by atoms with van der Waals surface area (Å²) >= 11 is 0. The second-order valence-electron chi connectivity index (χ2n) is 4.93. The Labute approximate surface area is 81.7 Å². The van der Waals surface area contributed by atoms with E-state index in [0.717, 1.165) is 18.0 Å². The Morgan fingerprint density at radius 3 is 2.62 bits per heavy atom. The van der Waals surface area contributed by atoms with Gasteiger partial charge in [0.05, 0.1) is 0 Å². The van der Waals surface area contributed by atoms with E-state index < -0.39 is 0 Å². The summed E-state index contributed by atoms with van der Waals surface area (Å²) in [6, 6.07) is 1.59. The van der Waals surface area contributed by atoms with Crippen LogP contribution < -0.4 is 5.32 Å². The van der Waals surface area contributed by atoms with E-state index in [1.54, 1.807) is 0 Å². The van der Waals surface area contributed by atoms with Gasteiger partial charge in [-0.25, -0.2) is 0 Å². The zero-order valence-corrected chi connectivity index (χ0v) is 8.92. The molecule has 1 N–H and O–H groups in total. The molecule has 3 atom stereocenters. The Balaban J connectivity index is 1.77. The lowest BCUT2D eigenvalue weighted by molar-refractivity contribution is 0.353. The number of nitrogens with one attached hydrogen (secondary N) is 1. The first-order valence-electron chi connectivity index (χ1n) is 5.70. The Hall–Kier alpha value is -0.0800. The van der Waals surface area contributed by atoms with Gasteiger partial charge in [-0.3, -0.25) is 0 Å². The Bertz CT molecular complexity index is 169. The van der Waals surface area contributed by atoms with Gasteiger partial charge >= 0.3 is 0 Å². The molecule has 2 nitrogen and oxygen atoms in total. The normalized spacial score (nSPS) is 41.5. The van der Waals surface area contributed by atoms with Crippen LogP contribution in [-0.2, 0) is 0 Å². The van der Waals surface area contributed by atoms with Gasteiger partial charge in [0.1, 0.15) is 0 Å². The summed E-state index contributed by atoms with van der Waals surface area (Å²) in [5.74, 6) is 0.908. The lowest BCUT2D eigenvalue weighted by Gasteiger charge is -2.22. The first-order chi connectivity index (χ1) is 6.25. The third-order valence-corrected chi connectivity index (χ3v) is 3.70. The largest absolute Gasteiger partial charge is 0.310 e. The number of hydrogen-bond donors (Lipinski definition) is 1. The molecular formula is C11H22N2. The minimum Gasteiger partial charge on any atom is -0.310 e. The summed E-state index contributed by atoms with van der Waals surface area (Å²) < 4.78 is 0. The summed E-state index contributed by atoms with van der Waals surface area (Å²) in [6.45, 7) is 4.92. The van der Waals surface area contributed by atoms with Gasteiger partial charge in [0.25, 0.3) is 0 Å². The highest BCUT2D eigenvalue weighted by Gasteiger charge is 2.27. The van der Waals surface area contributed by atoms with Gasteiger partial charge in [0, 0.05) is 18.6 Å². The number of likely N-dealkylation sites (tertiary alicyclic amines) is 1. The molecule has 2 fully saturated rings. The first-order valence-corrected chi connectivity index (χ1v) is 5.70. The summed E-state index contributed by atoms with van der Waals surface area (Å²) in [5, 5.41) is 3.82. The summed E-state index contributed by atoms with van der Waals surface area (Å²) in [5.41, 5.74) is 0. The maximum absolute atomic E-state index is 3.82. The van der Waals surface area contributed by atoms with Crippen molar-refractivity contribution in [3.63, 3.8) is 0 Å². The van der Waals surface area contributed by atoms with Gasteiger partial charge in [-0.2, -0.15) is 0 Å². The number of rotatable bonds is 2. The van der Waals surface area contributed by atoms with Crippen molar-refractivity contribution in [2.75, 3.05) is 20.1 Å². The van der Waals surface area contributed by atoms with E-state index in [1.807, 2.05) is 0 Å². The summed E-state index contributed by atoms with van der Waals surface area (Å²) in [7, 11) is 2.22. The van der Waals surface area contributed by atoms with E-state index in [-0.39, 0.29) is 0 Å². The van der Waals surface area contributed by atoms with E-state index in [0.29, 0.717) is 0 Å². The van der Waals surface area contributed by atoms with Crippen LogP contribution >= 0.6 is 0 Å². The van der Waals surface area contributed by atoms with Crippen molar-refractivity contribution in [1.29, 1.82) is 0 Å². The van der Waals surface area contributed by atoms with E-state index in [4.69, 9.17) is 0 Å². The molecule has 13 heavy (non-hydrogen) atoms. The van der Waals surface area contributed by atoms with Crippen molar-refractivity contribution in [3.05, 3.63) is 0 Å². The molecule has 1 saturated heterocycles. The molecule has 0 amide bonds. The maximum Gasteiger partial charge on any atom is 0.0209 e. The van der Waals surface area contributed by atoms with Gasteiger partial charge in [0.15, 0.2) is 0 Å². The SMILES string of the molecule is CC1CCCC1NC1CCN(C)C1. The van der Waals surface area contributed by atoms with E-state index in [1.165, 1.54) is 38.8 Å². The molecule has 0 spiro atoms. The second-order valence-corrected chi connectivity index (χ2v) is 4.93. The minimum absolute atomic E-state index is 0.774. The van der Waals surface area contributed by atoms with Gasteiger partial charge in [-0.15, -0.1) is 0 Å². The van der Waals surface area contributed by atoms with E-state index in [9.17, 15) is 0 Å². The van der Waals surface area contributed by atoms with Gasteiger partial charge in [0.2, 0.25) is 0 Å². The topological polar surface area (TPSA) is 15.3 Å². The van der Waals surface area contributed by atoms with Crippen molar-refractivity contribution in [3.8, 4) is 0 Å². The van der Waals surface area contributed by atoms with E-state index in [2.05, 4.69) is 24.2 Å². The predicted molar refractivity (Wildman–Crippen MR) is 55.8 cm³/mol. The van der Waals surface area contributed by atoms with Crippen LogP contribution in [0.25, 0.3) is 0 Å². The highest BCUT2D eigenvalue weighted by molar-refractivity contribution is 4.87. The fraction of sp³-hybridized carbons (Fsp3) is 1.00. The molecule has 3 unspecified atom stereocenters. The third kappa shape index (κ3) is 2.23. The minimum atomic E-state index is 0.774. The molecule has 2 heteroatoms. The number of likely N-dealkylation sites (N-methyl/N-ethyl adjacent to an activating group) is 1. The van der Waals surface area contributed by atoms with Gasteiger partial charge in [-0.05, 0) is 38.8 Å². The molecule has 1 aliphatic heterocycles. The van der Waals surface area contributed by atoms with Crippen LogP contribution in [0.2, 0.25) is 0 Å². The average molecular weight is 182 g/mol. The molecule has 0 aromatic carbocycles. The Kier molecular flexibility index (Phi) is 2.89. The van der Waals surface area contributed by atoms with Crippen molar-refractivity contribution in [2.24, 2.45) is 5.92 Å². The number of hydrogen-bond acceptors (Lipinski definition) is 2. The van der Waals surface area contributed by atoms with Crippen molar-refractivity contribution in [1.82, 2.24) is 10.2 Å². The molecule has 1 heterocycles. The van der Waals surface area contributed by atoms with Gasteiger partial charge < -0.3 is 10.2 Å². The predicted octanol–water partition coefficient (Wildman–Crippen LogP) is 1.47. The molecule has 0 aromatic heterocycles. The second kappa shape index (κ2) is 3.97. The van der Waals surface area contributed by atoms with Crippen molar-refractivity contribution in [2.45, 2.75) is 44.7 Å². The van der Waals surface area contributed by atoms with Crippen LogP contribution in [0, 0.1) is 5.92 Å². The van der Waals surface area contributed by atoms with Crippen LogP contribution in [0.4, 0.5) is 0 Å². The van der Waals surface area contributed by atoms with Crippen molar-refractivity contribution >= 4 is 0 Å². The monoisotopic (exact) mass is 182 g/mol.